The molecule has 1 fully saturated rings. The van der Waals surface area contributed by atoms with Crippen LogP contribution >= 0.6 is 0 Å². The Labute approximate surface area is 120 Å². The molecule has 1 saturated heterocycles. The molecule has 4 heteroatoms. The lowest BCUT2D eigenvalue weighted by molar-refractivity contribution is -0.0608. The van der Waals surface area contributed by atoms with Crippen molar-refractivity contribution in [3.63, 3.8) is 0 Å². The molecule has 3 nitrogen and oxygen atoms in total. The van der Waals surface area contributed by atoms with Gasteiger partial charge in [-0.25, -0.2) is 4.39 Å². The van der Waals surface area contributed by atoms with Crippen molar-refractivity contribution in [3.8, 4) is 0 Å². The molecule has 2 atom stereocenters. The maximum Gasteiger partial charge on any atom is 0.123 e. The Balaban J connectivity index is 2.23. The molecule has 1 aromatic rings. The highest BCUT2D eigenvalue weighted by molar-refractivity contribution is 5.30. The molecule has 0 bridgehead atoms. The van der Waals surface area contributed by atoms with Gasteiger partial charge in [-0.05, 0) is 56.5 Å². The Hall–Kier alpha value is -0.970. The van der Waals surface area contributed by atoms with Gasteiger partial charge in [0, 0.05) is 26.2 Å². The molecule has 0 amide bonds. The van der Waals surface area contributed by atoms with Crippen LogP contribution in [0.2, 0.25) is 0 Å². The minimum absolute atomic E-state index is 0.112. The van der Waals surface area contributed by atoms with E-state index in [0.29, 0.717) is 6.54 Å². The fourth-order valence-electron chi connectivity index (χ4n) is 3.16. The van der Waals surface area contributed by atoms with Crippen molar-refractivity contribution in [1.82, 2.24) is 4.90 Å². The van der Waals surface area contributed by atoms with E-state index in [-0.39, 0.29) is 17.5 Å². The fourth-order valence-corrected chi connectivity index (χ4v) is 3.16. The van der Waals surface area contributed by atoms with Crippen molar-refractivity contribution in [2.75, 3.05) is 26.7 Å². The smallest absolute Gasteiger partial charge is 0.123 e. The summed E-state index contributed by atoms with van der Waals surface area (Å²) in [5.74, 6) is -0.192. The molecule has 2 rings (SSSR count). The standard InChI is InChI=1S/C16H25FN2O/c1-12-9-13(17)5-6-14(12)15(10-18)19-8-4-7-16(2,11-19)20-3/h5-6,9,15H,4,7-8,10-11,18H2,1-3H3. The van der Waals surface area contributed by atoms with Crippen molar-refractivity contribution < 1.29 is 9.13 Å². The number of hydrogen-bond acceptors (Lipinski definition) is 3. The summed E-state index contributed by atoms with van der Waals surface area (Å²) in [6.07, 6.45) is 2.17. The summed E-state index contributed by atoms with van der Waals surface area (Å²) in [5, 5.41) is 0. The average molecular weight is 280 g/mol. The van der Waals surface area contributed by atoms with Crippen LogP contribution in [0.1, 0.15) is 36.9 Å². The van der Waals surface area contributed by atoms with Crippen LogP contribution in [0.15, 0.2) is 18.2 Å². The minimum Gasteiger partial charge on any atom is -0.377 e. The summed E-state index contributed by atoms with van der Waals surface area (Å²) in [6.45, 7) is 6.50. The van der Waals surface area contributed by atoms with Gasteiger partial charge in [0.05, 0.1) is 5.60 Å². The van der Waals surface area contributed by atoms with Gasteiger partial charge in [0.15, 0.2) is 0 Å². The second-order valence-corrected chi connectivity index (χ2v) is 5.98. The highest BCUT2D eigenvalue weighted by Crippen LogP contribution is 2.31. The van der Waals surface area contributed by atoms with Crippen molar-refractivity contribution >= 4 is 0 Å². The Kier molecular flexibility index (Phi) is 4.78. The Morgan fingerprint density at radius 3 is 2.85 bits per heavy atom. The van der Waals surface area contributed by atoms with Gasteiger partial charge in [0.25, 0.3) is 0 Å². The van der Waals surface area contributed by atoms with Gasteiger partial charge in [0.2, 0.25) is 0 Å². The predicted molar refractivity (Wildman–Crippen MR) is 79.2 cm³/mol. The monoisotopic (exact) mass is 280 g/mol. The molecular weight excluding hydrogens is 255 g/mol. The van der Waals surface area contributed by atoms with Crippen LogP contribution in [0.3, 0.4) is 0 Å². The van der Waals surface area contributed by atoms with E-state index in [4.69, 9.17) is 10.5 Å². The van der Waals surface area contributed by atoms with Crippen molar-refractivity contribution in [2.24, 2.45) is 5.73 Å². The molecule has 20 heavy (non-hydrogen) atoms. The number of methoxy groups -OCH3 is 1. The predicted octanol–water partition coefficient (Wildman–Crippen LogP) is 2.63. The number of benzene rings is 1. The molecule has 1 aliphatic rings. The summed E-state index contributed by atoms with van der Waals surface area (Å²) < 4.78 is 18.9. The van der Waals surface area contributed by atoms with E-state index in [1.807, 2.05) is 13.0 Å². The quantitative estimate of drug-likeness (QED) is 0.921. The number of rotatable bonds is 4. The summed E-state index contributed by atoms with van der Waals surface area (Å²) in [5.41, 5.74) is 7.97. The number of nitrogens with zero attached hydrogens (tertiary/aromatic N) is 1. The second kappa shape index (κ2) is 6.20. The highest BCUT2D eigenvalue weighted by atomic mass is 19.1. The van der Waals surface area contributed by atoms with E-state index < -0.39 is 0 Å². The summed E-state index contributed by atoms with van der Waals surface area (Å²) in [7, 11) is 1.77. The maximum absolute atomic E-state index is 13.3. The number of nitrogens with two attached hydrogens (primary N) is 1. The number of ether oxygens (including phenoxy) is 1. The third kappa shape index (κ3) is 3.19. The van der Waals surface area contributed by atoms with Gasteiger partial charge in [-0.3, -0.25) is 4.90 Å². The zero-order chi connectivity index (χ0) is 14.8. The first-order valence-corrected chi connectivity index (χ1v) is 7.24. The topological polar surface area (TPSA) is 38.5 Å². The zero-order valence-electron chi connectivity index (χ0n) is 12.7. The lowest BCUT2D eigenvalue weighted by Gasteiger charge is -2.43. The van der Waals surface area contributed by atoms with Gasteiger partial charge < -0.3 is 10.5 Å². The Morgan fingerprint density at radius 1 is 1.50 bits per heavy atom. The number of likely N-dealkylation sites (tertiary alicyclic amines) is 1. The molecule has 1 heterocycles. The van der Waals surface area contributed by atoms with Crippen LogP contribution in [0, 0.1) is 12.7 Å². The van der Waals surface area contributed by atoms with Crippen molar-refractivity contribution in [3.05, 3.63) is 35.1 Å². The maximum atomic E-state index is 13.3. The molecule has 0 aromatic heterocycles. The van der Waals surface area contributed by atoms with Crippen LogP contribution in [0.25, 0.3) is 0 Å². The molecule has 2 unspecified atom stereocenters. The third-order valence-electron chi connectivity index (χ3n) is 4.44. The van der Waals surface area contributed by atoms with E-state index >= 15 is 0 Å². The number of piperidine rings is 1. The third-order valence-corrected chi connectivity index (χ3v) is 4.44. The molecule has 1 aliphatic heterocycles. The number of aryl methyl sites for hydroxylation is 1. The van der Waals surface area contributed by atoms with Crippen LogP contribution in [0.5, 0.6) is 0 Å². The zero-order valence-corrected chi connectivity index (χ0v) is 12.7. The van der Waals surface area contributed by atoms with Crippen LogP contribution in [0.4, 0.5) is 4.39 Å². The van der Waals surface area contributed by atoms with Gasteiger partial charge in [-0.15, -0.1) is 0 Å². The van der Waals surface area contributed by atoms with Crippen LogP contribution in [-0.2, 0) is 4.74 Å². The van der Waals surface area contributed by atoms with Crippen molar-refractivity contribution in [2.45, 2.75) is 38.3 Å². The van der Waals surface area contributed by atoms with E-state index in [9.17, 15) is 4.39 Å². The van der Waals surface area contributed by atoms with Crippen molar-refractivity contribution in [1.29, 1.82) is 0 Å². The second-order valence-electron chi connectivity index (χ2n) is 5.98. The Bertz CT molecular complexity index is 466. The normalized spacial score (nSPS) is 25.6. The largest absolute Gasteiger partial charge is 0.377 e. The first kappa shape index (κ1) is 15.4. The van der Waals surface area contributed by atoms with E-state index in [2.05, 4.69) is 11.8 Å². The first-order valence-electron chi connectivity index (χ1n) is 7.24. The molecule has 2 N–H and O–H groups in total. The lowest BCUT2D eigenvalue weighted by Crippen LogP contribution is -2.50. The lowest BCUT2D eigenvalue weighted by atomic mass is 9.91. The van der Waals surface area contributed by atoms with Gasteiger partial charge in [-0.2, -0.15) is 0 Å². The number of hydrogen-bond donors (Lipinski definition) is 1. The van der Waals surface area contributed by atoms with Gasteiger partial charge in [0.1, 0.15) is 5.82 Å². The molecule has 0 spiro atoms. The molecule has 1 aromatic carbocycles. The van der Waals surface area contributed by atoms with E-state index in [1.165, 1.54) is 6.07 Å². The highest BCUT2D eigenvalue weighted by Gasteiger charge is 2.34. The van der Waals surface area contributed by atoms with E-state index in [1.54, 1.807) is 13.2 Å². The Morgan fingerprint density at radius 2 is 2.25 bits per heavy atom. The SMILES string of the molecule is COC1(C)CCCN(C(CN)c2ccc(F)cc2C)C1. The summed E-state index contributed by atoms with van der Waals surface area (Å²) >= 11 is 0. The van der Waals surface area contributed by atoms with E-state index in [0.717, 1.165) is 37.1 Å². The minimum atomic E-state index is -0.192. The molecule has 0 saturated carbocycles. The van der Waals surface area contributed by atoms with Crippen LogP contribution < -0.4 is 5.73 Å². The fraction of sp³-hybridized carbons (Fsp3) is 0.625. The molecule has 0 aliphatic carbocycles. The molecule has 0 radical (unpaired) electrons. The van der Waals surface area contributed by atoms with Gasteiger partial charge in [-0.1, -0.05) is 6.07 Å². The molecule has 112 valence electrons. The number of halogens is 1. The molecular formula is C16H25FN2O. The average Bonchev–Trinajstić information content (AvgIpc) is 2.42. The summed E-state index contributed by atoms with van der Waals surface area (Å²) in [4.78, 5) is 2.37. The summed E-state index contributed by atoms with van der Waals surface area (Å²) in [6, 6.07) is 5.09. The van der Waals surface area contributed by atoms with Crippen LogP contribution in [-0.4, -0.2) is 37.2 Å². The first-order chi connectivity index (χ1) is 9.49. The van der Waals surface area contributed by atoms with Gasteiger partial charge >= 0.3 is 0 Å².